The molecule has 8 nitrogen and oxygen atoms in total. The van der Waals surface area contributed by atoms with Crippen molar-refractivity contribution in [1.29, 1.82) is 0 Å². The van der Waals surface area contributed by atoms with Crippen molar-refractivity contribution in [3.05, 3.63) is 65.3 Å². The summed E-state index contributed by atoms with van der Waals surface area (Å²) >= 11 is 6.14. The molecule has 1 aliphatic heterocycles. The third-order valence-electron chi connectivity index (χ3n) is 5.38. The molecule has 1 saturated heterocycles. The fourth-order valence-electron chi connectivity index (χ4n) is 3.61. The van der Waals surface area contributed by atoms with Crippen molar-refractivity contribution in [1.82, 2.24) is 14.9 Å². The number of carbonyl (C=O) groups excluding carboxylic acids is 1. The van der Waals surface area contributed by atoms with Gasteiger partial charge in [0.15, 0.2) is 0 Å². The van der Waals surface area contributed by atoms with Gasteiger partial charge >= 0.3 is 0 Å². The van der Waals surface area contributed by atoms with Crippen molar-refractivity contribution in [3.63, 3.8) is 0 Å². The lowest BCUT2D eigenvalue weighted by atomic mass is 10.1. The number of morpholine rings is 1. The molecule has 1 aromatic heterocycles. The van der Waals surface area contributed by atoms with E-state index in [1.165, 1.54) is 0 Å². The van der Waals surface area contributed by atoms with Crippen LogP contribution in [0.1, 0.15) is 10.4 Å². The van der Waals surface area contributed by atoms with E-state index in [-0.39, 0.29) is 5.91 Å². The lowest BCUT2D eigenvalue weighted by Gasteiger charge is -2.29. The number of benzene rings is 2. The Hall–Kier alpha value is -3.36. The summed E-state index contributed by atoms with van der Waals surface area (Å²) in [7, 11) is 5.41. The minimum atomic E-state index is -0.0662. The maximum absolute atomic E-state index is 12.7. The molecule has 2 heterocycles. The van der Waals surface area contributed by atoms with Crippen LogP contribution in [0, 0.1) is 0 Å². The zero-order chi connectivity index (χ0) is 23.4. The van der Waals surface area contributed by atoms with Gasteiger partial charge in [-0.3, -0.25) is 4.79 Å². The normalized spacial score (nSPS) is 13.5. The molecule has 33 heavy (non-hydrogen) atoms. The zero-order valence-corrected chi connectivity index (χ0v) is 19.7. The Morgan fingerprint density at radius 1 is 1.09 bits per heavy atom. The highest BCUT2D eigenvalue weighted by Gasteiger charge is 2.17. The number of ether oxygens (including phenoxy) is 1. The van der Waals surface area contributed by atoms with Crippen LogP contribution in [0.3, 0.4) is 0 Å². The van der Waals surface area contributed by atoms with E-state index in [0.29, 0.717) is 35.6 Å². The minimum absolute atomic E-state index is 0.0662. The summed E-state index contributed by atoms with van der Waals surface area (Å²) in [5.41, 5.74) is 3.21. The van der Waals surface area contributed by atoms with Gasteiger partial charge in [-0.1, -0.05) is 17.7 Å². The summed E-state index contributed by atoms with van der Waals surface area (Å²) in [5.74, 6) is 1.08. The van der Waals surface area contributed by atoms with Gasteiger partial charge in [0.25, 0.3) is 5.91 Å². The Bertz CT molecular complexity index is 1130. The molecular formula is C24H27ClN6O2. The van der Waals surface area contributed by atoms with Crippen LogP contribution < -0.4 is 15.1 Å². The topological polar surface area (TPSA) is 73.8 Å². The van der Waals surface area contributed by atoms with Crippen molar-refractivity contribution in [2.75, 3.05) is 62.6 Å². The number of hydrogen-bond donors (Lipinski definition) is 1. The Balaban J connectivity index is 1.63. The summed E-state index contributed by atoms with van der Waals surface area (Å²) in [6, 6.07) is 15.2. The minimum Gasteiger partial charge on any atom is -0.378 e. The van der Waals surface area contributed by atoms with Crippen LogP contribution in [0.25, 0.3) is 0 Å². The molecule has 0 unspecified atom stereocenters. The van der Waals surface area contributed by atoms with E-state index < -0.39 is 0 Å². The molecule has 0 atom stereocenters. The quantitative estimate of drug-likeness (QED) is 0.584. The first-order valence-corrected chi connectivity index (χ1v) is 11.1. The predicted molar refractivity (Wildman–Crippen MR) is 132 cm³/mol. The Kier molecular flexibility index (Phi) is 6.96. The first-order valence-electron chi connectivity index (χ1n) is 10.7. The highest BCUT2D eigenvalue weighted by atomic mass is 35.5. The number of hydrogen-bond acceptors (Lipinski definition) is 7. The maximum Gasteiger partial charge on any atom is 0.253 e. The molecule has 9 heteroatoms. The summed E-state index contributed by atoms with van der Waals surface area (Å²) in [4.78, 5) is 27.5. The fourth-order valence-corrected chi connectivity index (χ4v) is 3.80. The zero-order valence-electron chi connectivity index (χ0n) is 19.0. The van der Waals surface area contributed by atoms with E-state index >= 15 is 0 Å². The second-order valence-electron chi connectivity index (χ2n) is 7.97. The van der Waals surface area contributed by atoms with Crippen LogP contribution in [0.2, 0.25) is 5.02 Å². The van der Waals surface area contributed by atoms with Crippen LogP contribution in [0.5, 0.6) is 0 Å². The third kappa shape index (κ3) is 5.53. The number of aromatic nitrogens is 2. The van der Waals surface area contributed by atoms with E-state index in [9.17, 15) is 4.79 Å². The van der Waals surface area contributed by atoms with Gasteiger partial charge in [0.1, 0.15) is 5.82 Å². The number of carbonyl (C=O) groups is 1. The largest absolute Gasteiger partial charge is 0.378 e. The second-order valence-corrected chi connectivity index (χ2v) is 8.41. The smallest absolute Gasteiger partial charge is 0.253 e. The van der Waals surface area contributed by atoms with Crippen LogP contribution in [0.4, 0.5) is 28.8 Å². The lowest BCUT2D eigenvalue weighted by Crippen LogP contribution is -2.36. The molecule has 2 aromatic carbocycles. The molecule has 1 amide bonds. The molecular weight excluding hydrogens is 440 g/mol. The molecule has 1 aliphatic rings. The third-order valence-corrected chi connectivity index (χ3v) is 5.62. The maximum atomic E-state index is 12.7. The van der Waals surface area contributed by atoms with Gasteiger partial charge in [-0.25, -0.2) is 4.98 Å². The number of rotatable bonds is 6. The van der Waals surface area contributed by atoms with Crippen molar-refractivity contribution < 1.29 is 9.53 Å². The molecule has 3 aromatic rings. The van der Waals surface area contributed by atoms with Gasteiger partial charge < -0.3 is 24.8 Å². The van der Waals surface area contributed by atoms with Crippen molar-refractivity contribution >= 4 is 46.3 Å². The standard InChI is InChI=1S/C24H27ClN6O2/c1-29(2)23(32)17-13-19(16-21(14-17)31-9-11-33-12-10-31)27-24-26-8-7-22(28-24)30(3)20-6-4-5-18(25)15-20/h4-8,13-16H,9-12H2,1-3H3,(H,26,27,28). The molecule has 1 fully saturated rings. The van der Waals surface area contributed by atoms with E-state index in [4.69, 9.17) is 16.3 Å². The number of anilines is 5. The van der Waals surface area contributed by atoms with Gasteiger partial charge in [-0.15, -0.1) is 0 Å². The van der Waals surface area contributed by atoms with Gasteiger partial charge in [0, 0.05) is 68.1 Å². The van der Waals surface area contributed by atoms with E-state index in [1.807, 2.05) is 60.5 Å². The highest BCUT2D eigenvalue weighted by molar-refractivity contribution is 6.30. The van der Waals surface area contributed by atoms with E-state index in [0.717, 1.165) is 30.2 Å². The molecule has 0 spiro atoms. The Morgan fingerprint density at radius 3 is 2.61 bits per heavy atom. The Morgan fingerprint density at radius 2 is 1.88 bits per heavy atom. The fraction of sp³-hybridized carbons (Fsp3) is 0.292. The van der Waals surface area contributed by atoms with Crippen LogP contribution in [-0.2, 0) is 4.74 Å². The van der Waals surface area contributed by atoms with Gasteiger partial charge in [-0.05, 0) is 42.5 Å². The SMILES string of the molecule is CN(C)C(=O)c1cc(Nc2nccc(N(C)c3cccc(Cl)c3)n2)cc(N2CCOCC2)c1. The summed E-state index contributed by atoms with van der Waals surface area (Å²) in [6.45, 7) is 2.87. The number of amides is 1. The lowest BCUT2D eigenvalue weighted by molar-refractivity contribution is 0.0827. The average molecular weight is 467 g/mol. The van der Waals surface area contributed by atoms with Gasteiger partial charge in [0.05, 0.1) is 13.2 Å². The molecule has 0 aliphatic carbocycles. The molecule has 172 valence electrons. The predicted octanol–water partition coefficient (Wildman–Crippen LogP) is 4.18. The molecule has 4 rings (SSSR count). The number of halogens is 1. The van der Waals surface area contributed by atoms with Crippen molar-refractivity contribution in [2.24, 2.45) is 0 Å². The highest BCUT2D eigenvalue weighted by Crippen LogP contribution is 2.28. The van der Waals surface area contributed by atoms with E-state index in [2.05, 4.69) is 20.2 Å². The molecule has 0 saturated carbocycles. The Labute approximate surface area is 198 Å². The number of nitrogens with one attached hydrogen (secondary N) is 1. The van der Waals surface area contributed by atoms with Gasteiger partial charge in [-0.2, -0.15) is 4.98 Å². The summed E-state index contributed by atoms with van der Waals surface area (Å²) < 4.78 is 5.48. The number of nitrogens with zero attached hydrogens (tertiary/aromatic N) is 5. The molecule has 0 bridgehead atoms. The average Bonchev–Trinajstić information content (AvgIpc) is 2.83. The van der Waals surface area contributed by atoms with Crippen LogP contribution in [0.15, 0.2) is 54.7 Å². The second kappa shape index (κ2) is 10.1. The van der Waals surface area contributed by atoms with Crippen LogP contribution >= 0.6 is 11.6 Å². The van der Waals surface area contributed by atoms with Crippen molar-refractivity contribution in [2.45, 2.75) is 0 Å². The first kappa shape index (κ1) is 22.8. The van der Waals surface area contributed by atoms with Crippen LogP contribution in [-0.4, -0.2) is 68.2 Å². The first-order chi connectivity index (χ1) is 15.9. The summed E-state index contributed by atoms with van der Waals surface area (Å²) in [5, 5.41) is 3.93. The molecule has 1 N–H and O–H groups in total. The summed E-state index contributed by atoms with van der Waals surface area (Å²) in [6.07, 6.45) is 1.70. The van der Waals surface area contributed by atoms with Gasteiger partial charge in [0.2, 0.25) is 5.95 Å². The monoisotopic (exact) mass is 466 g/mol. The molecule has 0 radical (unpaired) electrons. The van der Waals surface area contributed by atoms with E-state index in [1.54, 1.807) is 25.2 Å². The van der Waals surface area contributed by atoms with Crippen molar-refractivity contribution in [3.8, 4) is 0 Å².